The lowest BCUT2D eigenvalue weighted by atomic mass is 9.98. The lowest BCUT2D eigenvalue weighted by molar-refractivity contribution is 0.628. The molecule has 0 aliphatic carbocycles. The molecule has 5 nitrogen and oxygen atoms in total. The van der Waals surface area contributed by atoms with E-state index in [1.54, 1.807) is 0 Å². The van der Waals surface area contributed by atoms with Gasteiger partial charge in [0.2, 0.25) is 5.88 Å². The highest BCUT2D eigenvalue weighted by Crippen LogP contribution is 2.47. The van der Waals surface area contributed by atoms with Crippen molar-refractivity contribution in [1.29, 1.82) is 0 Å². The Kier molecular flexibility index (Phi) is 4.61. The Bertz CT molecular complexity index is 2340. The highest BCUT2D eigenvalue weighted by molar-refractivity contribution is 6.16. The zero-order valence-corrected chi connectivity index (χ0v) is 22.0. The molecule has 1 aliphatic rings. The van der Waals surface area contributed by atoms with Crippen molar-refractivity contribution in [1.82, 2.24) is 4.98 Å². The van der Waals surface area contributed by atoms with Gasteiger partial charge in [-0.05, 0) is 40.4 Å². The van der Waals surface area contributed by atoms with Crippen molar-refractivity contribution in [2.45, 2.75) is 0 Å². The molecule has 0 amide bonds. The van der Waals surface area contributed by atoms with E-state index < -0.39 is 0 Å². The molecule has 1 N–H and O–H groups in total. The van der Waals surface area contributed by atoms with E-state index in [1.165, 1.54) is 16.2 Å². The Balaban J connectivity index is 1.40. The molecule has 5 heteroatoms. The molecule has 0 saturated heterocycles. The fourth-order valence-electron chi connectivity index (χ4n) is 6.29. The molecule has 4 heterocycles. The molecule has 0 saturated carbocycles. The van der Waals surface area contributed by atoms with E-state index in [2.05, 4.69) is 95.2 Å². The van der Waals surface area contributed by atoms with Crippen molar-refractivity contribution >= 4 is 83.6 Å². The van der Waals surface area contributed by atoms with Crippen LogP contribution in [0.15, 0.2) is 124 Å². The van der Waals surface area contributed by atoms with Crippen molar-refractivity contribution in [2.24, 2.45) is 0 Å². The first-order valence-corrected chi connectivity index (χ1v) is 13.8. The summed E-state index contributed by atoms with van der Waals surface area (Å²) >= 11 is 0. The van der Waals surface area contributed by atoms with Gasteiger partial charge in [-0.2, -0.15) is 0 Å². The van der Waals surface area contributed by atoms with Gasteiger partial charge in [0, 0.05) is 40.5 Å². The van der Waals surface area contributed by atoms with Crippen LogP contribution < -0.4 is 10.2 Å². The first kappa shape index (κ1) is 22.3. The number of para-hydroxylation sites is 1. The topological polar surface area (TPSA) is 54.4 Å². The summed E-state index contributed by atoms with van der Waals surface area (Å²) in [5, 5.41) is 11.2. The van der Waals surface area contributed by atoms with Gasteiger partial charge in [-0.1, -0.05) is 84.9 Å². The number of hydrogen-bond donors (Lipinski definition) is 1. The van der Waals surface area contributed by atoms with Gasteiger partial charge in [0.1, 0.15) is 22.6 Å². The molecule has 5 aromatic carbocycles. The van der Waals surface area contributed by atoms with Crippen LogP contribution in [-0.4, -0.2) is 11.5 Å². The SMILES string of the molecule is C1=Cc2c(oc3cccc(N(c4cc5oc6ccccc6c5cn4)c4cc5ccccc5c5ccccc45)c23)NC1. The zero-order chi connectivity index (χ0) is 26.9. The van der Waals surface area contributed by atoms with Crippen LogP contribution in [0.25, 0.3) is 60.5 Å². The molecule has 0 unspecified atom stereocenters. The maximum Gasteiger partial charge on any atom is 0.201 e. The molecule has 194 valence electrons. The monoisotopic (exact) mass is 529 g/mol. The van der Waals surface area contributed by atoms with Gasteiger partial charge in [0.15, 0.2) is 0 Å². The van der Waals surface area contributed by atoms with Crippen molar-refractivity contribution in [3.05, 3.63) is 121 Å². The number of anilines is 4. The van der Waals surface area contributed by atoms with Crippen molar-refractivity contribution in [3.63, 3.8) is 0 Å². The number of fused-ring (bicyclic) bond motifs is 9. The third-order valence-corrected chi connectivity index (χ3v) is 8.10. The predicted octanol–water partition coefficient (Wildman–Crippen LogP) is 9.94. The third-order valence-electron chi connectivity index (χ3n) is 8.10. The van der Waals surface area contributed by atoms with Gasteiger partial charge in [-0.15, -0.1) is 0 Å². The lowest BCUT2D eigenvalue weighted by Crippen LogP contribution is -2.13. The Morgan fingerprint density at radius 3 is 2.34 bits per heavy atom. The van der Waals surface area contributed by atoms with E-state index in [0.717, 1.165) is 73.5 Å². The second kappa shape index (κ2) is 8.47. The number of pyridine rings is 1. The third kappa shape index (κ3) is 3.26. The average molecular weight is 530 g/mol. The summed E-state index contributed by atoms with van der Waals surface area (Å²) in [6, 6.07) is 35.8. The quantitative estimate of drug-likeness (QED) is 0.231. The van der Waals surface area contributed by atoms with Crippen LogP contribution in [0.1, 0.15) is 5.56 Å². The predicted molar refractivity (Wildman–Crippen MR) is 169 cm³/mol. The summed E-state index contributed by atoms with van der Waals surface area (Å²) < 4.78 is 12.6. The molecule has 0 atom stereocenters. The van der Waals surface area contributed by atoms with Gasteiger partial charge < -0.3 is 14.2 Å². The fraction of sp³-hybridized carbons (Fsp3) is 0.0278. The van der Waals surface area contributed by atoms with Gasteiger partial charge in [-0.3, -0.25) is 4.90 Å². The Hall–Kier alpha value is -5.55. The van der Waals surface area contributed by atoms with Gasteiger partial charge in [0.25, 0.3) is 0 Å². The molecule has 9 rings (SSSR count). The molecule has 0 radical (unpaired) electrons. The van der Waals surface area contributed by atoms with Crippen LogP contribution in [0.3, 0.4) is 0 Å². The van der Waals surface area contributed by atoms with Crippen molar-refractivity contribution in [3.8, 4) is 0 Å². The highest BCUT2D eigenvalue weighted by Gasteiger charge is 2.25. The van der Waals surface area contributed by atoms with Gasteiger partial charge >= 0.3 is 0 Å². The maximum absolute atomic E-state index is 6.33. The van der Waals surface area contributed by atoms with E-state index >= 15 is 0 Å². The summed E-state index contributed by atoms with van der Waals surface area (Å²) in [5.41, 5.74) is 5.55. The molecule has 0 spiro atoms. The minimum atomic E-state index is 0.742. The second-order valence-electron chi connectivity index (χ2n) is 10.4. The molecule has 3 aromatic heterocycles. The van der Waals surface area contributed by atoms with E-state index in [4.69, 9.17) is 13.8 Å². The van der Waals surface area contributed by atoms with Crippen LogP contribution in [0.2, 0.25) is 0 Å². The molecular formula is C36H23N3O2. The average Bonchev–Trinajstić information content (AvgIpc) is 3.60. The molecule has 41 heavy (non-hydrogen) atoms. The number of nitrogens with one attached hydrogen (secondary N) is 1. The Labute approximate surface area is 234 Å². The Morgan fingerprint density at radius 1 is 0.634 bits per heavy atom. The fourth-order valence-corrected chi connectivity index (χ4v) is 6.29. The molecule has 0 fully saturated rings. The highest BCUT2D eigenvalue weighted by atomic mass is 16.4. The second-order valence-corrected chi connectivity index (χ2v) is 10.4. The summed E-state index contributed by atoms with van der Waals surface area (Å²) in [6.07, 6.45) is 6.20. The lowest BCUT2D eigenvalue weighted by Gasteiger charge is -2.27. The van der Waals surface area contributed by atoms with Gasteiger partial charge in [-0.25, -0.2) is 4.98 Å². The molecular weight excluding hydrogens is 506 g/mol. The van der Waals surface area contributed by atoms with Crippen LogP contribution in [0, 0.1) is 0 Å². The number of hydrogen-bond acceptors (Lipinski definition) is 5. The normalized spacial score (nSPS) is 12.9. The molecule has 0 bridgehead atoms. The first-order chi connectivity index (χ1) is 20.3. The smallest absolute Gasteiger partial charge is 0.201 e. The van der Waals surface area contributed by atoms with Crippen LogP contribution in [0.5, 0.6) is 0 Å². The van der Waals surface area contributed by atoms with E-state index in [1.807, 2.05) is 36.5 Å². The van der Waals surface area contributed by atoms with Gasteiger partial charge in [0.05, 0.1) is 16.8 Å². The number of nitrogens with zero attached hydrogens (tertiary/aromatic N) is 2. The zero-order valence-electron chi connectivity index (χ0n) is 22.0. The van der Waals surface area contributed by atoms with E-state index in [9.17, 15) is 0 Å². The Morgan fingerprint density at radius 2 is 1.41 bits per heavy atom. The number of rotatable bonds is 3. The summed E-state index contributed by atoms with van der Waals surface area (Å²) in [5.74, 6) is 1.56. The minimum Gasteiger partial charge on any atom is -0.456 e. The summed E-state index contributed by atoms with van der Waals surface area (Å²) in [6.45, 7) is 0.742. The first-order valence-electron chi connectivity index (χ1n) is 13.8. The van der Waals surface area contributed by atoms with Crippen molar-refractivity contribution in [2.75, 3.05) is 16.8 Å². The minimum absolute atomic E-state index is 0.742. The van der Waals surface area contributed by atoms with Crippen LogP contribution >= 0.6 is 0 Å². The standard InChI is InChI=1S/C36H23N3O2/c1-2-10-23-22(9-1)19-30(25-12-4-3-11-24(23)25)39(29-15-7-17-32-35(29)27-14-8-18-37-36(27)41-32)34-20-33-28(21-38-34)26-13-5-6-16-31(26)40-33/h1-17,19-21,37H,18H2. The van der Waals surface area contributed by atoms with Crippen LogP contribution in [-0.2, 0) is 0 Å². The molecule has 8 aromatic rings. The van der Waals surface area contributed by atoms with Crippen LogP contribution in [0.4, 0.5) is 23.1 Å². The summed E-state index contributed by atoms with van der Waals surface area (Å²) in [4.78, 5) is 7.33. The number of furan rings is 2. The van der Waals surface area contributed by atoms with E-state index in [0.29, 0.717) is 0 Å². The van der Waals surface area contributed by atoms with E-state index in [-0.39, 0.29) is 0 Å². The molecule has 1 aliphatic heterocycles. The largest absolute Gasteiger partial charge is 0.456 e. The number of aromatic nitrogens is 1. The van der Waals surface area contributed by atoms with Crippen molar-refractivity contribution < 1.29 is 8.83 Å². The summed E-state index contributed by atoms with van der Waals surface area (Å²) in [7, 11) is 0. The maximum atomic E-state index is 6.33. The number of benzene rings is 5.